The predicted octanol–water partition coefficient (Wildman–Crippen LogP) is 2.61. The summed E-state index contributed by atoms with van der Waals surface area (Å²) in [5, 5.41) is 2.51. The molecule has 1 aromatic carbocycles. The van der Waals surface area contributed by atoms with Crippen molar-refractivity contribution in [2.24, 2.45) is 5.92 Å². The first kappa shape index (κ1) is 14.6. The van der Waals surface area contributed by atoms with Crippen molar-refractivity contribution in [2.75, 3.05) is 11.1 Å². The average Bonchev–Trinajstić information content (AvgIpc) is 2.84. The van der Waals surface area contributed by atoms with Gasteiger partial charge in [0.25, 0.3) is 0 Å². The van der Waals surface area contributed by atoms with Crippen LogP contribution in [-0.4, -0.2) is 24.4 Å². The van der Waals surface area contributed by atoms with Crippen molar-refractivity contribution in [1.82, 2.24) is 0 Å². The van der Waals surface area contributed by atoms with Gasteiger partial charge in [0.1, 0.15) is 4.33 Å². The number of rotatable bonds is 4. The van der Waals surface area contributed by atoms with Gasteiger partial charge in [0, 0.05) is 12.8 Å². The Morgan fingerprint density at radius 2 is 2.00 bits per heavy atom. The molecule has 1 saturated carbocycles. The Bertz CT molecular complexity index is 613. The fourth-order valence-corrected chi connectivity index (χ4v) is 4.40. The molecule has 0 aromatic heterocycles. The highest BCUT2D eigenvalue weighted by molar-refractivity contribution is 7.91. The fraction of sp³-hybridized carbons (Fsp3) is 0.417. The van der Waals surface area contributed by atoms with E-state index in [1.165, 1.54) is 13.0 Å². The molecule has 104 valence electrons. The molecular weight excluding hydrogens is 309 g/mol. The van der Waals surface area contributed by atoms with E-state index >= 15 is 0 Å². The first-order valence-corrected chi connectivity index (χ1v) is 8.10. The SMILES string of the molecule is CC(=O)Nc1ccccc1S(=O)(=O)C[C@H]1CC1(Cl)Cl. The summed E-state index contributed by atoms with van der Waals surface area (Å²) in [4.78, 5) is 11.2. The van der Waals surface area contributed by atoms with Crippen LogP contribution in [0.15, 0.2) is 29.2 Å². The van der Waals surface area contributed by atoms with E-state index in [0.29, 0.717) is 6.42 Å². The van der Waals surface area contributed by atoms with Crippen molar-refractivity contribution < 1.29 is 13.2 Å². The molecule has 1 aliphatic rings. The zero-order chi connectivity index (χ0) is 14.3. The van der Waals surface area contributed by atoms with Crippen LogP contribution in [0.25, 0.3) is 0 Å². The van der Waals surface area contributed by atoms with Gasteiger partial charge < -0.3 is 5.32 Å². The second-order valence-corrected chi connectivity index (χ2v) is 8.17. The molecule has 1 amide bonds. The van der Waals surface area contributed by atoms with Gasteiger partial charge in [-0.3, -0.25) is 4.79 Å². The molecule has 0 unspecified atom stereocenters. The molecule has 1 N–H and O–H groups in total. The average molecular weight is 322 g/mol. The molecule has 0 spiro atoms. The Morgan fingerprint density at radius 3 is 2.53 bits per heavy atom. The Labute approximate surface area is 122 Å². The number of carbonyl (C=O) groups excluding carboxylic acids is 1. The largest absolute Gasteiger partial charge is 0.325 e. The zero-order valence-electron chi connectivity index (χ0n) is 10.2. The summed E-state index contributed by atoms with van der Waals surface area (Å²) in [5.74, 6) is -0.694. The van der Waals surface area contributed by atoms with Gasteiger partial charge in [-0.05, 0) is 18.6 Å². The Hall–Kier alpha value is -0.780. The van der Waals surface area contributed by atoms with E-state index < -0.39 is 14.2 Å². The van der Waals surface area contributed by atoms with Crippen LogP contribution in [0.5, 0.6) is 0 Å². The number of sulfone groups is 1. The van der Waals surface area contributed by atoms with Crippen molar-refractivity contribution in [3.63, 3.8) is 0 Å². The molecule has 1 aromatic rings. The van der Waals surface area contributed by atoms with Crippen molar-refractivity contribution in [3.05, 3.63) is 24.3 Å². The van der Waals surface area contributed by atoms with Gasteiger partial charge in [0.05, 0.1) is 16.3 Å². The van der Waals surface area contributed by atoms with E-state index in [1.807, 2.05) is 0 Å². The van der Waals surface area contributed by atoms with Crippen molar-refractivity contribution in [2.45, 2.75) is 22.6 Å². The van der Waals surface area contributed by atoms with Gasteiger partial charge >= 0.3 is 0 Å². The number of anilines is 1. The topological polar surface area (TPSA) is 63.2 Å². The predicted molar refractivity (Wildman–Crippen MR) is 75.3 cm³/mol. The van der Waals surface area contributed by atoms with Crippen molar-refractivity contribution in [3.8, 4) is 0 Å². The lowest BCUT2D eigenvalue weighted by atomic mass is 10.3. The second-order valence-electron chi connectivity index (χ2n) is 4.62. The summed E-state index contributed by atoms with van der Waals surface area (Å²) in [6.07, 6.45) is 0.470. The maximum Gasteiger partial charge on any atom is 0.221 e. The molecule has 1 aliphatic carbocycles. The van der Waals surface area contributed by atoms with E-state index in [-0.39, 0.29) is 28.2 Å². The number of hydrogen-bond donors (Lipinski definition) is 1. The molecule has 0 heterocycles. The summed E-state index contributed by atoms with van der Waals surface area (Å²) >= 11 is 11.7. The number of nitrogens with one attached hydrogen (secondary N) is 1. The number of para-hydroxylation sites is 1. The van der Waals surface area contributed by atoms with E-state index in [2.05, 4.69) is 5.32 Å². The van der Waals surface area contributed by atoms with Gasteiger partial charge in [-0.25, -0.2) is 8.42 Å². The molecule has 2 rings (SSSR count). The van der Waals surface area contributed by atoms with Crippen LogP contribution < -0.4 is 5.32 Å². The van der Waals surface area contributed by atoms with Crippen LogP contribution in [0.2, 0.25) is 0 Å². The number of carbonyl (C=O) groups is 1. The van der Waals surface area contributed by atoms with Crippen LogP contribution in [-0.2, 0) is 14.6 Å². The number of benzene rings is 1. The highest BCUT2D eigenvalue weighted by atomic mass is 35.5. The molecule has 1 atom stereocenters. The molecule has 7 heteroatoms. The third-order valence-corrected chi connectivity index (χ3v) is 5.70. The molecule has 1 fully saturated rings. The van der Waals surface area contributed by atoms with E-state index in [9.17, 15) is 13.2 Å². The Morgan fingerprint density at radius 1 is 1.42 bits per heavy atom. The minimum atomic E-state index is -3.53. The first-order valence-electron chi connectivity index (χ1n) is 5.69. The summed E-state index contributed by atoms with van der Waals surface area (Å²) in [7, 11) is -3.53. The summed E-state index contributed by atoms with van der Waals surface area (Å²) in [5.41, 5.74) is 0.283. The minimum absolute atomic E-state index is 0.0984. The smallest absolute Gasteiger partial charge is 0.221 e. The maximum absolute atomic E-state index is 12.3. The molecular formula is C12H13Cl2NO3S. The molecule has 0 radical (unpaired) electrons. The number of halogens is 2. The highest BCUT2D eigenvalue weighted by Gasteiger charge is 2.53. The molecule has 4 nitrogen and oxygen atoms in total. The number of hydrogen-bond acceptors (Lipinski definition) is 3. The number of alkyl halides is 2. The lowest BCUT2D eigenvalue weighted by Gasteiger charge is -2.10. The van der Waals surface area contributed by atoms with E-state index in [1.54, 1.807) is 18.2 Å². The minimum Gasteiger partial charge on any atom is -0.325 e. The van der Waals surface area contributed by atoms with Crippen molar-refractivity contribution in [1.29, 1.82) is 0 Å². The van der Waals surface area contributed by atoms with Gasteiger partial charge in [-0.2, -0.15) is 0 Å². The lowest BCUT2D eigenvalue weighted by molar-refractivity contribution is -0.114. The van der Waals surface area contributed by atoms with Gasteiger partial charge in [0.2, 0.25) is 5.91 Å². The van der Waals surface area contributed by atoms with Crippen LogP contribution in [0.4, 0.5) is 5.69 Å². The summed E-state index contributed by atoms with van der Waals surface area (Å²) in [6, 6.07) is 6.29. The second kappa shape index (κ2) is 4.96. The van der Waals surface area contributed by atoms with Crippen LogP contribution >= 0.6 is 23.2 Å². The van der Waals surface area contributed by atoms with E-state index in [0.717, 1.165) is 0 Å². The maximum atomic E-state index is 12.3. The normalized spacial score (nSPS) is 20.9. The third-order valence-electron chi connectivity index (χ3n) is 2.91. The van der Waals surface area contributed by atoms with Crippen LogP contribution in [0.1, 0.15) is 13.3 Å². The summed E-state index contributed by atoms with van der Waals surface area (Å²) < 4.78 is 23.7. The molecule has 19 heavy (non-hydrogen) atoms. The van der Waals surface area contributed by atoms with Crippen LogP contribution in [0.3, 0.4) is 0 Å². The Balaban J connectivity index is 2.27. The zero-order valence-corrected chi connectivity index (χ0v) is 12.5. The van der Waals surface area contributed by atoms with Gasteiger partial charge in [0.15, 0.2) is 9.84 Å². The summed E-state index contributed by atoms with van der Waals surface area (Å²) in [6.45, 7) is 1.33. The van der Waals surface area contributed by atoms with Gasteiger partial charge in [-0.1, -0.05) is 12.1 Å². The Kier molecular flexibility index (Phi) is 3.82. The third kappa shape index (κ3) is 3.41. The quantitative estimate of drug-likeness (QED) is 0.867. The molecule has 0 aliphatic heterocycles. The van der Waals surface area contributed by atoms with E-state index in [4.69, 9.17) is 23.2 Å². The lowest BCUT2D eigenvalue weighted by Crippen LogP contribution is -2.15. The fourth-order valence-electron chi connectivity index (χ4n) is 1.84. The van der Waals surface area contributed by atoms with Crippen LogP contribution in [0, 0.1) is 5.92 Å². The monoisotopic (exact) mass is 321 g/mol. The first-order chi connectivity index (χ1) is 8.72. The standard InChI is InChI=1S/C12H13Cl2NO3S/c1-8(16)15-10-4-2-3-5-11(10)19(17,18)7-9-6-12(9,13)14/h2-5,9H,6-7H2,1H3,(H,15,16)/t9-/m1/s1. The molecule has 0 saturated heterocycles. The van der Waals surface area contributed by atoms with Crippen molar-refractivity contribution >= 4 is 44.6 Å². The number of amides is 1. The molecule has 0 bridgehead atoms. The van der Waals surface area contributed by atoms with Gasteiger partial charge in [-0.15, -0.1) is 23.2 Å². The highest BCUT2D eigenvalue weighted by Crippen LogP contribution is 2.54.